The Morgan fingerprint density at radius 3 is 2.53 bits per heavy atom. The summed E-state index contributed by atoms with van der Waals surface area (Å²) in [5, 5.41) is 0.714. The van der Waals surface area contributed by atoms with Gasteiger partial charge in [0.25, 0.3) is 5.91 Å². The number of benzene rings is 2. The summed E-state index contributed by atoms with van der Waals surface area (Å²) in [6, 6.07) is 13.8. The number of methoxy groups -OCH3 is 1. The van der Waals surface area contributed by atoms with Gasteiger partial charge in [0.05, 0.1) is 24.3 Å². The number of amides is 1. The molecule has 1 aliphatic rings. The average Bonchev–Trinajstić information content (AvgIpc) is 3.10. The second-order valence-corrected chi connectivity index (χ2v) is 8.89. The molecule has 1 heterocycles. The van der Waals surface area contributed by atoms with Crippen molar-refractivity contribution in [2.75, 3.05) is 13.7 Å². The largest absolute Gasteiger partial charge is 0.493 e. The third-order valence-corrected chi connectivity index (χ3v) is 6.35. The third kappa shape index (κ3) is 5.74. The summed E-state index contributed by atoms with van der Waals surface area (Å²) in [4.78, 5) is 20.5. The number of hydrogen-bond donors (Lipinski definition) is 0. The molecule has 170 valence electrons. The highest BCUT2D eigenvalue weighted by Gasteiger charge is 2.36. The lowest BCUT2D eigenvalue weighted by Crippen LogP contribution is -2.36. The Balaban J connectivity index is 1.90. The smallest absolute Gasteiger partial charge is 0.266 e. The monoisotopic (exact) mass is 452 g/mol. The molecule has 1 amide bonds. The van der Waals surface area contributed by atoms with Gasteiger partial charge in [-0.05, 0) is 74.4 Å². The zero-order chi connectivity index (χ0) is 23.1. The standard InChI is InChI=1S/C26H32N2O3S/c1-6-8-15-31-22-14-11-20(16-23(22)30-5)17-24-25(29)28(19(4)7-2)26(32-24)27-21-12-9-18(3)10-13-21/h9-14,16-17,19H,6-8,15H2,1-5H3/b24-17+,27-26?/t19-/m1/s1. The third-order valence-electron chi connectivity index (χ3n) is 5.37. The van der Waals surface area contributed by atoms with E-state index in [-0.39, 0.29) is 11.9 Å². The van der Waals surface area contributed by atoms with E-state index >= 15 is 0 Å². The number of rotatable bonds is 9. The molecule has 32 heavy (non-hydrogen) atoms. The van der Waals surface area contributed by atoms with Crippen LogP contribution >= 0.6 is 11.8 Å². The first-order chi connectivity index (χ1) is 15.5. The van der Waals surface area contributed by atoms with E-state index in [0.29, 0.717) is 22.4 Å². The first-order valence-corrected chi connectivity index (χ1v) is 12.0. The van der Waals surface area contributed by atoms with Gasteiger partial charge < -0.3 is 9.47 Å². The van der Waals surface area contributed by atoms with E-state index in [1.165, 1.54) is 17.3 Å². The Bertz CT molecular complexity index is 999. The number of thioether (sulfide) groups is 1. The molecule has 6 heteroatoms. The Morgan fingerprint density at radius 1 is 1.12 bits per heavy atom. The fourth-order valence-corrected chi connectivity index (χ4v) is 4.33. The minimum atomic E-state index is -0.0162. The molecule has 2 aromatic carbocycles. The molecule has 0 spiro atoms. The normalized spacial score (nSPS) is 17.3. The summed E-state index contributed by atoms with van der Waals surface area (Å²) in [6.45, 7) is 8.97. The number of carbonyl (C=O) groups excluding carboxylic acids is 1. The van der Waals surface area contributed by atoms with Crippen molar-refractivity contribution in [3.8, 4) is 11.5 Å². The molecule has 1 aliphatic heterocycles. The van der Waals surface area contributed by atoms with E-state index in [9.17, 15) is 4.79 Å². The van der Waals surface area contributed by atoms with Crippen molar-refractivity contribution in [3.05, 3.63) is 58.5 Å². The fourth-order valence-electron chi connectivity index (χ4n) is 3.24. The van der Waals surface area contributed by atoms with E-state index in [1.54, 1.807) is 12.0 Å². The predicted octanol–water partition coefficient (Wildman–Crippen LogP) is 6.59. The zero-order valence-corrected chi connectivity index (χ0v) is 20.4. The van der Waals surface area contributed by atoms with Crippen LogP contribution in [0.3, 0.4) is 0 Å². The molecule has 5 nitrogen and oxygen atoms in total. The number of unbranched alkanes of at least 4 members (excludes halogenated alkanes) is 1. The number of hydrogen-bond acceptors (Lipinski definition) is 5. The van der Waals surface area contributed by atoms with Crippen LogP contribution in [0.5, 0.6) is 11.5 Å². The number of aliphatic imine (C=N–C) groups is 1. The van der Waals surface area contributed by atoms with E-state index in [0.717, 1.165) is 36.3 Å². The van der Waals surface area contributed by atoms with Crippen LogP contribution in [0.4, 0.5) is 5.69 Å². The first kappa shape index (κ1) is 23.9. The van der Waals surface area contributed by atoms with Gasteiger partial charge in [-0.3, -0.25) is 9.69 Å². The number of nitrogens with zero attached hydrogens (tertiary/aromatic N) is 2. The SMILES string of the molecule is CCCCOc1ccc(/C=C2/SC(=Nc3ccc(C)cc3)N([C@H](C)CC)C2=O)cc1OC. The lowest BCUT2D eigenvalue weighted by molar-refractivity contribution is -0.123. The van der Waals surface area contributed by atoms with Crippen LogP contribution in [0.2, 0.25) is 0 Å². The Kier molecular flexibility index (Phi) is 8.39. The zero-order valence-electron chi connectivity index (χ0n) is 19.6. The van der Waals surface area contributed by atoms with Gasteiger partial charge in [0.1, 0.15) is 0 Å². The summed E-state index contributed by atoms with van der Waals surface area (Å²) in [5.41, 5.74) is 2.91. The second-order valence-electron chi connectivity index (χ2n) is 7.89. The number of aryl methyl sites for hydroxylation is 1. The maximum Gasteiger partial charge on any atom is 0.266 e. The lowest BCUT2D eigenvalue weighted by Gasteiger charge is -2.22. The fraction of sp³-hybridized carbons (Fsp3) is 0.385. The maximum absolute atomic E-state index is 13.3. The molecule has 0 aliphatic carbocycles. The summed E-state index contributed by atoms with van der Waals surface area (Å²) in [6.07, 6.45) is 4.82. The highest BCUT2D eigenvalue weighted by atomic mass is 32.2. The summed E-state index contributed by atoms with van der Waals surface area (Å²) < 4.78 is 11.3. The Hall–Kier alpha value is -2.73. The molecule has 3 rings (SSSR count). The molecule has 2 aromatic rings. The number of amidine groups is 1. The highest BCUT2D eigenvalue weighted by Crippen LogP contribution is 2.37. The van der Waals surface area contributed by atoms with Crippen molar-refractivity contribution >= 4 is 34.6 Å². The van der Waals surface area contributed by atoms with Crippen molar-refractivity contribution < 1.29 is 14.3 Å². The first-order valence-electron chi connectivity index (χ1n) is 11.2. The summed E-state index contributed by atoms with van der Waals surface area (Å²) >= 11 is 1.41. The summed E-state index contributed by atoms with van der Waals surface area (Å²) in [5.74, 6) is 1.37. The molecule has 0 bridgehead atoms. The van der Waals surface area contributed by atoms with Crippen molar-refractivity contribution in [1.29, 1.82) is 0 Å². The van der Waals surface area contributed by atoms with E-state index < -0.39 is 0 Å². The Labute approximate surface area is 195 Å². The van der Waals surface area contributed by atoms with Gasteiger partial charge in [-0.1, -0.05) is 44.0 Å². The quantitative estimate of drug-likeness (QED) is 0.318. The van der Waals surface area contributed by atoms with Crippen LogP contribution in [-0.2, 0) is 4.79 Å². The van der Waals surface area contributed by atoms with Crippen LogP contribution in [0.25, 0.3) is 6.08 Å². The van der Waals surface area contributed by atoms with E-state index in [2.05, 4.69) is 20.8 Å². The molecule has 0 saturated carbocycles. The number of ether oxygens (including phenoxy) is 2. The summed E-state index contributed by atoms with van der Waals surface area (Å²) in [7, 11) is 1.63. The molecular formula is C26H32N2O3S. The molecule has 0 aromatic heterocycles. The molecule has 0 N–H and O–H groups in total. The van der Waals surface area contributed by atoms with Crippen molar-refractivity contribution in [1.82, 2.24) is 4.90 Å². The van der Waals surface area contributed by atoms with Crippen molar-refractivity contribution in [2.24, 2.45) is 4.99 Å². The molecule has 0 unspecified atom stereocenters. The van der Waals surface area contributed by atoms with Gasteiger partial charge in [0, 0.05) is 6.04 Å². The van der Waals surface area contributed by atoms with Gasteiger partial charge in [-0.2, -0.15) is 0 Å². The predicted molar refractivity (Wildman–Crippen MR) is 134 cm³/mol. The maximum atomic E-state index is 13.3. The van der Waals surface area contributed by atoms with Gasteiger partial charge in [-0.25, -0.2) is 4.99 Å². The van der Waals surface area contributed by atoms with E-state index in [1.807, 2.05) is 55.5 Å². The highest BCUT2D eigenvalue weighted by molar-refractivity contribution is 8.18. The minimum Gasteiger partial charge on any atom is -0.493 e. The van der Waals surface area contributed by atoms with Gasteiger partial charge in [0.2, 0.25) is 0 Å². The van der Waals surface area contributed by atoms with Crippen molar-refractivity contribution in [2.45, 2.75) is 53.0 Å². The van der Waals surface area contributed by atoms with Crippen LogP contribution in [0.1, 0.15) is 51.2 Å². The topological polar surface area (TPSA) is 51.1 Å². The second kappa shape index (κ2) is 11.2. The van der Waals surface area contributed by atoms with Gasteiger partial charge in [-0.15, -0.1) is 0 Å². The molecular weight excluding hydrogens is 420 g/mol. The minimum absolute atomic E-state index is 0.0162. The number of carbonyl (C=O) groups is 1. The molecule has 0 radical (unpaired) electrons. The molecule has 1 fully saturated rings. The molecule has 1 atom stereocenters. The van der Waals surface area contributed by atoms with Crippen LogP contribution in [-0.4, -0.2) is 35.7 Å². The van der Waals surface area contributed by atoms with Crippen molar-refractivity contribution in [3.63, 3.8) is 0 Å². The van der Waals surface area contributed by atoms with Gasteiger partial charge in [0.15, 0.2) is 16.7 Å². The van der Waals surface area contributed by atoms with Crippen LogP contribution in [0, 0.1) is 6.92 Å². The Morgan fingerprint density at radius 2 is 1.88 bits per heavy atom. The van der Waals surface area contributed by atoms with Crippen LogP contribution in [0.15, 0.2) is 52.4 Å². The lowest BCUT2D eigenvalue weighted by atomic mass is 10.1. The average molecular weight is 453 g/mol. The van der Waals surface area contributed by atoms with E-state index in [4.69, 9.17) is 14.5 Å². The molecule has 1 saturated heterocycles. The van der Waals surface area contributed by atoms with Crippen LogP contribution < -0.4 is 9.47 Å². The van der Waals surface area contributed by atoms with Gasteiger partial charge >= 0.3 is 0 Å².